The van der Waals surface area contributed by atoms with Gasteiger partial charge in [-0.15, -0.1) is 0 Å². The number of carbonyl (C=O) groups is 1. The van der Waals surface area contributed by atoms with Crippen molar-refractivity contribution in [2.24, 2.45) is 0 Å². The van der Waals surface area contributed by atoms with Crippen molar-refractivity contribution in [1.29, 1.82) is 0 Å². The van der Waals surface area contributed by atoms with Crippen LogP contribution >= 0.6 is 0 Å². The summed E-state index contributed by atoms with van der Waals surface area (Å²) in [4.78, 5) is 12.2. The third-order valence-electron chi connectivity index (χ3n) is 3.04. The molecule has 1 atom stereocenters. The number of nitrogens with zero attached hydrogens (tertiary/aromatic N) is 1. The van der Waals surface area contributed by atoms with E-state index >= 15 is 0 Å². The molecule has 0 aromatic heterocycles. The molecule has 0 spiro atoms. The molecule has 1 amide bonds. The molecule has 1 unspecified atom stereocenters. The molecule has 0 saturated heterocycles. The van der Waals surface area contributed by atoms with Crippen molar-refractivity contribution in [3.63, 3.8) is 0 Å². The Balaban J connectivity index is 3.44. The molecule has 0 heterocycles. The summed E-state index contributed by atoms with van der Waals surface area (Å²) in [5, 5.41) is 18.8. The minimum Gasteiger partial charge on any atom is -0.465 e. The highest BCUT2D eigenvalue weighted by molar-refractivity contribution is 5.67. The van der Waals surface area contributed by atoms with Crippen molar-refractivity contribution >= 4 is 6.09 Å². The third kappa shape index (κ3) is 3.87. The first kappa shape index (κ1) is 17.3. The summed E-state index contributed by atoms with van der Waals surface area (Å²) >= 11 is 0. The molecule has 2 N–H and O–H groups in total. The predicted octanol–water partition coefficient (Wildman–Crippen LogP) is 3.52. The normalized spacial score (nSPS) is 13.9. The smallest absolute Gasteiger partial charge is 0.416 e. The number of aliphatic hydroxyl groups excluding tert-OH is 1. The van der Waals surface area contributed by atoms with E-state index < -0.39 is 36.0 Å². The van der Waals surface area contributed by atoms with Gasteiger partial charge in [-0.1, -0.05) is 18.2 Å². The first-order chi connectivity index (χ1) is 9.50. The summed E-state index contributed by atoms with van der Waals surface area (Å²) in [7, 11) is 0. The second kappa shape index (κ2) is 5.93. The van der Waals surface area contributed by atoms with Crippen LogP contribution in [0.25, 0.3) is 0 Å². The zero-order valence-corrected chi connectivity index (χ0v) is 12.0. The molecule has 0 aliphatic heterocycles. The van der Waals surface area contributed by atoms with Gasteiger partial charge in [0, 0.05) is 5.54 Å². The molecular formula is C14H18F3NO3. The van der Waals surface area contributed by atoms with E-state index in [9.17, 15) is 28.2 Å². The van der Waals surface area contributed by atoms with Gasteiger partial charge in [0.05, 0.1) is 18.2 Å². The Morgan fingerprint density at radius 3 is 2.14 bits per heavy atom. The lowest BCUT2D eigenvalue weighted by atomic mass is 9.95. The van der Waals surface area contributed by atoms with Crippen LogP contribution in [0.15, 0.2) is 24.3 Å². The number of hydrogen-bond acceptors (Lipinski definition) is 2. The third-order valence-corrected chi connectivity index (χ3v) is 3.04. The number of rotatable bonds is 3. The summed E-state index contributed by atoms with van der Waals surface area (Å²) in [6.07, 6.45) is -6.01. The van der Waals surface area contributed by atoms with Crippen LogP contribution in [-0.2, 0) is 6.18 Å². The molecule has 0 radical (unpaired) electrons. The Morgan fingerprint density at radius 2 is 1.76 bits per heavy atom. The summed E-state index contributed by atoms with van der Waals surface area (Å²) in [5.41, 5.74) is -2.16. The average molecular weight is 305 g/mol. The molecule has 1 rings (SSSR count). The predicted molar refractivity (Wildman–Crippen MR) is 70.9 cm³/mol. The van der Waals surface area contributed by atoms with Crippen LogP contribution < -0.4 is 0 Å². The lowest BCUT2D eigenvalue weighted by Crippen LogP contribution is -2.48. The van der Waals surface area contributed by atoms with Crippen LogP contribution in [0.1, 0.15) is 37.9 Å². The van der Waals surface area contributed by atoms with Crippen molar-refractivity contribution in [1.82, 2.24) is 4.90 Å². The SMILES string of the molecule is CC(C)(C)N(C(=O)O)C(CO)c1ccccc1C(F)(F)F. The highest BCUT2D eigenvalue weighted by Gasteiger charge is 2.40. The first-order valence-electron chi connectivity index (χ1n) is 6.29. The zero-order valence-electron chi connectivity index (χ0n) is 12.0. The van der Waals surface area contributed by atoms with Crippen LogP contribution in [0.4, 0.5) is 18.0 Å². The molecule has 0 aliphatic carbocycles. The average Bonchev–Trinajstić information content (AvgIpc) is 2.32. The number of alkyl halides is 3. The molecule has 4 nitrogen and oxygen atoms in total. The van der Waals surface area contributed by atoms with Gasteiger partial charge in [-0.25, -0.2) is 4.79 Å². The summed E-state index contributed by atoms with van der Waals surface area (Å²) < 4.78 is 39.2. The Labute approximate surface area is 120 Å². The maximum Gasteiger partial charge on any atom is 0.416 e. The Hall–Kier alpha value is -1.76. The van der Waals surface area contributed by atoms with Crippen LogP contribution in [0.3, 0.4) is 0 Å². The molecule has 21 heavy (non-hydrogen) atoms. The van der Waals surface area contributed by atoms with E-state index in [1.165, 1.54) is 18.2 Å². The van der Waals surface area contributed by atoms with E-state index in [1.54, 1.807) is 20.8 Å². The maximum atomic E-state index is 13.1. The highest BCUT2D eigenvalue weighted by atomic mass is 19.4. The van der Waals surface area contributed by atoms with E-state index in [0.29, 0.717) is 0 Å². The Morgan fingerprint density at radius 1 is 1.24 bits per heavy atom. The maximum absolute atomic E-state index is 13.1. The number of aliphatic hydroxyl groups is 1. The molecule has 1 aromatic carbocycles. The molecule has 0 saturated carbocycles. The van der Waals surface area contributed by atoms with E-state index in [0.717, 1.165) is 11.0 Å². The van der Waals surface area contributed by atoms with Crippen molar-refractivity contribution in [3.05, 3.63) is 35.4 Å². The van der Waals surface area contributed by atoms with E-state index in [-0.39, 0.29) is 5.56 Å². The molecule has 0 aliphatic rings. The quantitative estimate of drug-likeness (QED) is 0.898. The standard InChI is InChI=1S/C14H18F3NO3/c1-13(2,3)18(12(20)21)11(8-19)9-6-4-5-7-10(9)14(15,16)17/h4-7,11,19H,8H2,1-3H3,(H,20,21). The molecule has 1 aromatic rings. The summed E-state index contributed by atoms with van der Waals surface area (Å²) in [6.45, 7) is 3.93. The second-order valence-corrected chi connectivity index (χ2v) is 5.61. The van der Waals surface area contributed by atoms with E-state index in [1.807, 2.05) is 0 Å². The van der Waals surface area contributed by atoms with Gasteiger partial charge in [-0.3, -0.25) is 4.90 Å². The summed E-state index contributed by atoms with van der Waals surface area (Å²) in [5.74, 6) is 0. The van der Waals surface area contributed by atoms with Crippen LogP contribution in [0, 0.1) is 0 Å². The van der Waals surface area contributed by atoms with Crippen molar-refractivity contribution in [2.45, 2.75) is 38.5 Å². The molecular weight excluding hydrogens is 287 g/mol. The van der Waals surface area contributed by atoms with E-state index in [2.05, 4.69) is 0 Å². The van der Waals surface area contributed by atoms with Gasteiger partial charge < -0.3 is 10.2 Å². The molecule has 0 bridgehead atoms. The molecule has 7 heteroatoms. The van der Waals surface area contributed by atoms with Gasteiger partial charge >= 0.3 is 12.3 Å². The monoisotopic (exact) mass is 305 g/mol. The number of halogens is 3. The minimum atomic E-state index is -4.62. The van der Waals surface area contributed by atoms with Gasteiger partial charge in [-0.2, -0.15) is 13.2 Å². The fraction of sp³-hybridized carbons (Fsp3) is 0.500. The van der Waals surface area contributed by atoms with Gasteiger partial charge in [-0.05, 0) is 32.4 Å². The fourth-order valence-corrected chi connectivity index (χ4v) is 2.25. The summed E-state index contributed by atoms with van der Waals surface area (Å²) in [6, 6.07) is 3.38. The van der Waals surface area contributed by atoms with Crippen molar-refractivity contribution in [2.75, 3.05) is 6.61 Å². The molecule has 0 fully saturated rings. The zero-order chi connectivity index (χ0) is 16.4. The Bertz CT molecular complexity index is 509. The number of carboxylic acid groups (broad SMARTS) is 1. The van der Waals surface area contributed by atoms with Crippen LogP contribution in [0.2, 0.25) is 0 Å². The van der Waals surface area contributed by atoms with Crippen molar-refractivity contribution < 1.29 is 28.2 Å². The van der Waals surface area contributed by atoms with Gasteiger partial charge in [0.15, 0.2) is 0 Å². The minimum absolute atomic E-state index is 0.259. The number of amides is 1. The Kier molecular flexibility index (Phi) is 4.88. The lowest BCUT2D eigenvalue weighted by molar-refractivity contribution is -0.139. The largest absolute Gasteiger partial charge is 0.465 e. The van der Waals surface area contributed by atoms with Crippen molar-refractivity contribution in [3.8, 4) is 0 Å². The van der Waals surface area contributed by atoms with Crippen LogP contribution in [-0.4, -0.2) is 33.4 Å². The van der Waals surface area contributed by atoms with Gasteiger partial charge in [0.2, 0.25) is 0 Å². The number of hydrogen-bond donors (Lipinski definition) is 2. The highest BCUT2D eigenvalue weighted by Crippen LogP contribution is 2.38. The molecule has 118 valence electrons. The lowest BCUT2D eigenvalue weighted by Gasteiger charge is -2.39. The van der Waals surface area contributed by atoms with Gasteiger partial charge in [0.1, 0.15) is 0 Å². The fourth-order valence-electron chi connectivity index (χ4n) is 2.25. The topological polar surface area (TPSA) is 60.8 Å². The first-order valence-corrected chi connectivity index (χ1v) is 6.29. The second-order valence-electron chi connectivity index (χ2n) is 5.61. The number of benzene rings is 1. The van der Waals surface area contributed by atoms with E-state index in [4.69, 9.17) is 0 Å². The van der Waals surface area contributed by atoms with Crippen LogP contribution in [0.5, 0.6) is 0 Å². The van der Waals surface area contributed by atoms with Gasteiger partial charge in [0.25, 0.3) is 0 Å².